The summed E-state index contributed by atoms with van der Waals surface area (Å²) in [5, 5.41) is 2.13. The van der Waals surface area contributed by atoms with Gasteiger partial charge in [0.05, 0.1) is 30.7 Å². The number of nitrogens with zero attached hydrogens (tertiary/aromatic N) is 2. The van der Waals surface area contributed by atoms with Gasteiger partial charge in [-0.05, 0) is 44.1 Å². The Morgan fingerprint density at radius 3 is 2.70 bits per heavy atom. The van der Waals surface area contributed by atoms with Crippen LogP contribution in [-0.2, 0) is 14.6 Å². The topological polar surface area (TPSA) is 79.0 Å². The molecule has 3 heterocycles. The monoisotopic (exact) mass is 397 g/mol. The second-order valence-corrected chi connectivity index (χ2v) is 10.0. The summed E-state index contributed by atoms with van der Waals surface area (Å²) in [6.07, 6.45) is 2.24. The third-order valence-corrected chi connectivity index (χ3v) is 7.76. The molecule has 0 radical (unpaired) electrons. The SMILES string of the molecule is O=C(Nc1cccc(F)c1)N1CC2(C1)CS(=O)(=O)[C@@H](CN1CCCC1)CO2. The van der Waals surface area contributed by atoms with Gasteiger partial charge in [0.2, 0.25) is 0 Å². The smallest absolute Gasteiger partial charge is 0.322 e. The molecule has 27 heavy (non-hydrogen) atoms. The zero-order valence-corrected chi connectivity index (χ0v) is 15.9. The number of amides is 2. The highest BCUT2D eigenvalue weighted by Crippen LogP contribution is 2.33. The maximum absolute atomic E-state index is 13.2. The minimum atomic E-state index is -3.27. The van der Waals surface area contributed by atoms with Crippen LogP contribution in [0.15, 0.2) is 24.3 Å². The van der Waals surface area contributed by atoms with Crippen LogP contribution in [0.25, 0.3) is 0 Å². The van der Waals surface area contributed by atoms with Gasteiger partial charge in [-0.1, -0.05) is 6.07 Å². The van der Waals surface area contributed by atoms with Crippen molar-refractivity contribution in [2.24, 2.45) is 0 Å². The lowest BCUT2D eigenvalue weighted by atomic mass is 9.96. The molecule has 1 aromatic carbocycles. The number of hydrogen-bond acceptors (Lipinski definition) is 5. The van der Waals surface area contributed by atoms with Crippen molar-refractivity contribution in [1.82, 2.24) is 9.80 Å². The Balaban J connectivity index is 1.32. The van der Waals surface area contributed by atoms with E-state index in [0.717, 1.165) is 25.9 Å². The van der Waals surface area contributed by atoms with Crippen LogP contribution in [0, 0.1) is 5.82 Å². The van der Waals surface area contributed by atoms with Gasteiger partial charge in [0, 0.05) is 12.2 Å². The van der Waals surface area contributed by atoms with Crippen LogP contribution in [0.2, 0.25) is 0 Å². The second-order valence-electron chi connectivity index (χ2n) is 7.73. The van der Waals surface area contributed by atoms with Crippen molar-refractivity contribution >= 4 is 21.6 Å². The van der Waals surface area contributed by atoms with Crippen LogP contribution in [0.5, 0.6) is 0 Å². The molecule has 0 saturated carbocycles. The van der Waals surface area contributed by atoms with Gasteiger partial charge < -0.3 is 19.9 Å². The molecular weight excluding hydrogens is 373 g/mol. The number of benzene rings is 1. The Morgan fingerprint density at radius 2 is 2.04 bits per heavy atom. The minimum Gasteiger partial charge on any atom is -0.369 e. The molecule has 3 saturated heterocycles. The third kappa shape index (κ3) is 3.95. The maximum Gasteiger partial charge on any atom is 0.322 e. The molecule has 1 N–H and O–H groups in total. The van der Waals surface area contributed by atoms with Gasteiger partial charge in [0.15, 0.2) is 9.84 Å². The molecule has 2 amide bonds. The summed E-state index contributed by atoms with van der Waals surface area (Å²) in [6.45, 7) is 3.06. The van der Waals surface area contributed by atoms with Gasteiger partial charge in [-0.3, -0.25) is 0 Å². The van der Waals surface area contributed by atoms with Crippen molar-refractivity contribution in [2.75, 3.05) is 50.4 Å². The molecule has 4 rings (SSSR count). The lowest BCUT2D eigenvalue weighted by Gasteiger charge is -2.52. The maximum atomic E-state index is 13.2. The summed E-state index contributed by atoms with van der Waals surface area (Å²) in [5.41, 5.74) is -0.441. The van der Waals surface area contributed by atoms with Crippen LogP contribution in [0.1, 0.15) is 12.8 Å². The molecule has 1 aromatic rings. The van der Waals surface area contributed by atoms with E-state index >= 15 is 0 Å². The average Bonchev–Trinajstić information content (AvgIpc) is 3.07. The molecule has 3 aliphatic rings. The standard InChI is InChI=1S/C18H24FN3O4S/c19-14-4-3-5-15(8-14)20-17(23)22-11-18(12-22)13-27(24,25)16(10-26-18)9-21-6-1-2-7-21/h3-5,8,16H,1-2,6-7,9-13H2,(H,20,23)/t16-/m0/s1. The largest absolute Gasteiger partial charge is 0.369 e. The molecule has 148 valence electrons. The normalized spacial score (nSPS) is 26.7. The third-order valence-electron chi connectivity index (χ3n) is 5.53. The summed E-state index contributed by atoms with van der Waals surface area (Å²) >= 11 is 0. The van der Waals surface area contributed by atoms with E-state index in [-0.39, 0.29) is 31.5 Å². The van der Waals surface area contributed by atoms with E-state index in [2.05, 4.69) is 10.2 Å². The number of hydrogen-bond donors (Lipinski definition) is 1. The van der Waals surface area contributed by atoms with Crippen molar-refractivity contribution in [3.8, 4) is 0 Å². The highest BCUT2D eigenvalue weighted by molar-refractivity contribution is 7.92. The summed E-state index contributed by atoms with van der Waals surface area (Å²) in [4.78, 5) is 15.9. The zero-order valence-electron chi connectivity index (χ0n) is 15.1. The predicted octanol–water partition coefficient (Wildman–Crippen LogP) is 1.32. The molecule has 0 aromatic heterocycles. The van der Waals surface area contributed by atoms with E-state index in [1.807, 2.05) is 0 Å². The molecule has 3 fully saturated rings. The summed E-state index contributed by atoms with van der Waals surface area (Å²) in [7, 11) is -3.27. The average molecular weight is 397 g/mol. The number of rotatable bonds is 3. The fourth-order valence-corrected chi connectivity index (χ4v) is 6.01. The molecule has 3 aliphatic heterocycles. The number of urea groups is 1. The van der Waals surface area contributed by atoms with Gasteiger partial charge in [-0.15, -0.1) is 0 Å². The molecule has 9 heteroatoms. The van der Waals surface area contributed by atoms with Gasteiger partial charge in [-0.25, -0.2) is 17.6 Å². The molecule has 0 aliphatic carbocycles. The molecule has 0 bridgehead atoms. The van der Waals surface area contributed by atoms with Gasteiger partial charge in [0.25, 0.3) is 0 Å². The summed E-state index contributed by atoms with van der Waals surface area (Å²) < 4.78 is 44.6. The quantitative estimate of drug-likeness (QED) is 0.832. The predicted molar refractivity (Wildman–Crippen MR) is 98.9 cm³/mol. The molecule has 7 nitrogen and oxygen atoms in total. The minimum absolute atomic E-state index is 0.0533. The number of halogens is 1. The number of likely N-dealkylation sites (tertiary alicyclic amines) is 2. The Morgan fingerprint density at radius 1 is 1.30 bits per heavy atom. The van der Waals surface area contributed by atoms with Crippen molar-refractivity contribution in [3.05, 3.63) is 30.1 Å². The van der Waals surface area contributed by atoms with E-state index in [9.17, 15) is 17.6 Å². The first-order valence-corrected chi connectivity index (χ1v) is 11.0. The van der Waals surface area contributed by atoms with Crippen LogP contribution in [-0.4, -0.2) is 80.2 Å². The van der Waals surface area contributed by atoms with Crippen LogP contribution >= 0.6 is 0 Å². The van der Waals surface area contributed by atoms with Crippen LogP contribution in [0.4, 0.5) is 14.9 Å². The van der Waals surface area contributed by atoms with E-state index in [1.54, 1.807) is 6.07 Å². The molecular formula is C18H24FN3O4S. The fraction of sp³-hybridized carbons (Fsp3) is 0.611. The first-order valence-electron chi connectivity index (χ1n) is 9.25. The van der Waals surface area contributed by atoms with Crippen molar-refractivity contribution in [1.29, 1.82) is 0 Å². The van der Waals surface area contributed by atoms with E-state index in [0.29, 0.717) is 12.2 Å². The van der Waals surface area contributed by atoms with E-state index < -0.39 is 26.5 Å². The molecule has 1 spiro atoms. The Kier molecular flexibility index (Phi) is 4.85. The number of ether oxygens (including phenoxy) is 1. The first-order chi connectivity index (χ1) is 12.9. The zero-order chi connectivity index (χ0) is 19.1. The first kappa shape index (κ1) is 18.6. The molecule has 0 unspecified atom stereocenters. The van der Waals surface area contributed by atoms with E-state index in [4.69, 9.17) is 4.74 Å². The lowest BCUT2D eigenvalue weighted by molar-refractivity contribution is -0.117. The van der Waals surface area contributed by atoms with Crippen molar-refractivity contribution < 1.29 is 22.3 Å². The Bertz CT molecular complexity index is 820. The number of nitrogens with one attached hydrogen (secondary N) is 1. The van der Waals surface area contributed by atoms with Crippen LogP contribution in [0.3, 0.4) is 0 Å². The van der Waals surface area contributed by atoms with Gasteiger partial charge in [0.1, 0.15) is 11.4 Å². The van der Waals surface area contributed by atoms with Crippen LogP contribution < -0.4 is 5.32 Å². The van der Waals surface area contributed by atoms with E-state index in [1.165, 1.54) is 23.1 Å². The summed E-state index contributed by atoms with van der Waals surface area (Å²) in [5.74, 6) is -0.485. The summed E-state index contributed by atoms with van der Waals surface area (Å²) in [6, 6.07) is 5.26. The highest BCUT2D eigenvalue weighted by Gasteiger charge is 2.54. The van der Waals surface area contributed by atoms with Gasteiger partial charge in [-0.2, -0.15) is 0 Å². The highest BCUT2D eigenvalue weighted by atomic mass is 32.2. The Labute approximate surface area is 158 Å². The molecule has 1 atom stereocenters. The Hall–Kier alpha value is -1.71. The number of anilines is 1. The fourth-order valence-electron chi connectivity index (χ4n) is 4.06. The second kappa shape index (κ2) is 7.03. The number of sulfone groups is 1. The number of carbonyl (C=O) groups is 1. The number of carbonyl (C=O) groups excluding carboxylic acids is 1. The lowest BCUT2D eigenvalue weighted by Crippen LogP contribution is -2.71. The van der Waals surface area contributed by atoms with Crippen molar-refractivity contribution in [3.63, 3.8) is 0 Å². The van der Waals surface area contributed by atoms with Crippen molar-refractivity contribution in [2.45, 2.75) is 23.7 Å². The van der Waals surface area contributed by atoms with Gasteiger partial charge >= 0.3 is 6.03 Å².